The van der Waals surface area contributed by atoms with Gasteiger partial charge in [0.1, 0.15) is 5.92 Å². The fraction of sp³-hybridized carbons (Fsp3) is 0.154. The topological polar surface area (TPSA) is 85.0 Å². The summed E-state index contributed by atoms with van der Waals surface area (Å²) in [6, 6.07) is 27.4. The van der Waals surface area contributed by atoms with Crippen LogP contribution in [0, 0.1) is 28.6 Å². The van der Waals surface area contributed by atoms with E-state index in [4.69, 9.17) is 0 Å². The number of nitriles is 2. The van der Waals surface area contributed by atoms with Gasteiger partial charge in [0, 0.05) is 30.4 Å². The third-order valence-electron chi connectivity index (χ3n) is 5.79. The molecule has 3 aromatic rings. The number of benzene rings is 3. The van der Waals surface area contributed by atoms with Crippen LogP contribution in [0.2, 0.25) is 0 Å². The van der Waals surface area contributed by atoms with E-state index < -0.39 is 22.9 Å². The summed E-state index contributed by atoms with van der Waals surface area (Å²) < 4.78 is 0. The molecule has 0 saturated carbocycles. The van der Waals surface area contributed by atoms with E-state index in [1.807, 2.05) is 54.4 Å². The number of rotatable bonds is 5. The fourth-order valence-electron chi connectivity index (χ4n) is 4.11. The van der Waals surface area contributed by atoms with Crippen molar-refractivity contribution >= 4 is 17.3 Å². The first-order chi connectivity index (χ1) is 15.0. The SMILES string of the molecule is CN(Cc1ccccc1)c1ccc(C(C#N)(C#N)C2C(=O)c3ccccc3C2=O)cc1. The molecule has 0 aromatic heterocycles. The summed E-state index contributed by atoms with van der Waals surface area (Å²) in [5, 5.41) is 20.0. The van der Waals surface area contributed by atoms with E-state index in [0.29, 0.717) is 12.1 Å². The molecule has 0 aliphatic heterocycles. The van der Waals surface area contributed by atoms with E-state index in [9.17, 15) is 20.1 Å². The van der Waals surface area contributed by atoms with Crippen molar-refractivity contribution in [3.63, 3.8) is 0 Å². The third-order valence-corrected chi connectivity index (χ3v) is 5.79. The van der Waals surface area contributed by atoms with E-state index in [0.717, 1.165) is 11.3 Å². The van der Waals surface area contributed by atoms with Gasteiger partial charge in [-0.05, 0) is 23.3 Å². The highest BCUT2D eigenvalue weighted by Crippen LogP contribution is 2.41. The molecule has 0 heterocycles. The number of ketones is 2. The molecule has 0 atom stereocenters. The van der Waals surface area contributed by atoms with Crippen molar-refractivity contribution in [1.82, 2.24) is 0 Å². The number of anilines is 1. The summed E-state index contributed by atoms with van der Waals surface area (Å²) in [4.78, 5) is 28.0. The van der Waals surface area contributed by atoms with Gasteiger partial charge in [0.15, 0.2) is 17.0 Å². The van der Waals surface area contributed by atoms with Crippen molar-refractivity contribution in [2.45, 2.75) is 12.0 Å². The lowest BCUT2D eigenvalue weighted by molar-refractivity contribution is 0.0807. The van der Waals surface area contributed by atoms with Crippen LogP contribution >= 0.6 is 0 Å². The molecule has 1 aliphatic rings. The Bertz CT molecular complexity index is 1190. The van der Waals surface area contributed by atoms with Gasteiger partial charge in [-0.1, -0.05) is 66.7 Å². The molecule has 0 radical (unpaired) electrons. The van der Waals surface area contributed by atoms with Gasteiger partial charge in [0.05, 0.1) is 12.1 Å². The summed E-state index contributed by atoms with van der Waals surface area (Å²) in [7, 11) is 1.95. The number of hydrogen-bond acceptors (Lipinski definition) is 5. The van der Waals surface area contributed by atoms with Crippen molar-refractivity contribution in [2.24, 2.45) is 5.92 Å². The molecule has 0 unspecified atom stereocenters. The normalized spacial score (nSPS) is 13.4. The number of carbonyl (C=O) groups excluding carboxylic acids is 2. The lowest BCUT2D eigenvalue weighted by atomic mass is 9.70. The Labute approximate surface area is 180 Å². The van der Waals surface area contributed by atoms with Gasteiger partial charge >= 0.3 is 0 Å². The molecule has 3 aromatic carbocycles. The molecule has 5 heteroatoms. The highest BCUT2D eigenvalue weighted by molar-refractivity contribution is 6.27. The van der Waals surface area contributed by atoms with Gasteiger partial charge in [0.2, 0.25) is 0 Å². The highest BCUT2D eigenvalue weighted by Gasteiger charge is 2.54. The van der Waals surface area contributed by atoms with Crippen molar-refractivity contribution < 1.29 is 9.59 Å². The summed E-state index contributed by atoms with van der Waals surface area (Å²) >= 11 is 0. The Morgan fingerprint density at radius 1 is 0.806 bits per heavy atom. The lowest BCUT2D eigenvalue weighted by Crippen LogP contribution is -2.39. The molecule has 150 valence electrons. The van der Waals surface area contributed by atoms with Gasteiger partial charge in [-0.3, -0.25) is 9.59 Å². The molecule has 1 aliphatic carbocycles. The molecule has 0 fully saturated rings. The first-order valence-corrected chi connectivity index (χ1v) is 9.87. The number of fused-ring (bicyclic) bond motifs is 1. The second-order valence-corrected chi connectivity index (χ2v) is 7.63. The second kappa shape index (κ2) is 7.89. The molecular weight excluding hydrogens is 386 g/mol. The van der Waals surface area contributed by atoms with Crippen molar-refractivity contribution in [3.05, 3.63) is 101 Å². The van der Waals surface area contributed by atoms with Crippen LogP contribution in [0.5, 0.6) is 0 Å². The number of nitrogens with zero attached hydrogens (tertiary/aromatic N) is 3. The third kappa shape index (κ3) is 3.27. The fourth-order valence-corrected chi connectivity index (χ4v) is 4.11. The zero-order chi connectivity index (χ0) is 22.0. The quantitative estimate of drug-likeness (QED) is 0.591. The van der Waals surface area contributed by atoms with Crippen LogP contribution in [-0.4, -0.2) is 18.6 Å². The van der Waals surface area contributed by atoms with Crippen LogP contribution in [0.15, 0.2) is 78.9 Å². The summed E-state index contributed by atoms with van der Waals surface area (Å²) in [5.74, 6) is -2.32. The molecule has 0 spiro atoms. The summed E-state index contributed by atoms with van der Waals surface area (Å²) in [6.45, 7) is 0.691. The minimum Gasteiger partial charge on any atom is -0.370 e. The zero-order valence-electron chi connectivity index (χ0n) is 16.9. The molecule has 0 saturated heterocycles. The smallest absolute Gasteiger partial charge is 0.185 e. The Hall–Kier alpha value is -4.22. The zero-order valence-corrected chi connectivity index (χ0v) is 16.9. The maximum absolute atomic E-state index is 13.0. The van der Waals surface area contributed by atoms with Gasteiger partial charge < -0.3 is 4.90 Å². The molecule has 5 nitrogen and oxygen atoms in total. The molecule has 0 bridgehead atoms. The van der Waals surface area contributed by atoms with Gasteiger partial charge in [-0.25, -0.2) is 0 Å². The monoisotopic (exact) mass is 405 g/mol. The standard InChI is InChI=1S/C26H19N3O2/c1-29(15-18-7-3-2-4-8-18)20-13-11-19(12-14-20)26(16-27,17-28)23-24(30)21-9-5-6-10-22(21)25(23)31/h2-14,23H,15H2,1H3. The van der Waals surface area contributed by atoms with Crippen molar-refractivity contribution in [2.75, 3.05) is 11.9 Å². The van der Waals surface area contributed by atoms with Crippen LogP contribution in [0.3, 0.4) is 0 Å². The average molecular weight is 405 g/mol. The second-order valence-electron chi connectivity index (χ2n) is 7.63. The van der Waals surface area contributed by atoms with Crippen LogP contribution < -0.4 is 4.90 Å². The predicted molar refractivity (Wildman–Crippen MR) is 116 cm³/mol. The molecule has 31 heavy (non-hydrogen) atoms. The van der Waals surface area contributed by atoms with Gasteiger partial charge in [-0.15, -0.1) is 0 Å². The van der Waals surface area contributed by atoms with Crippen LogP contribution in [0.1, 0.15) is 31.8 Å². The number of carbonyl (C=O) groups is 2. The van der Waals surface area contributed by atoms with E-state index >= 15 is 0 Å². The van der Waals surface area contributed by atoms with E-state index in [1.54, 1.807) is 48.5 Å². The van der Waals surface area contributed by atoms with Crippen molar-refractivity contribution in [3.8, 4) is 12.1 Å². The molecule has 0 N–H and O–H groups in total. The molecule has 0 amide bonds. The summed E-state index contributed by atoms with van der Waals surface area (Å²) in [6.07, 6.45) is 0. The summed E-state index contributed by atoms with van der Waals surface area (Å²) in [5.41, 5.74) is 1.04. The lowest BCUT2D eigenvalue weighted by Gasteiger charge is -2.25. The van der Waals surface area contributed by atoms with E-state index in [1.165, 1.54) is 0 Å². The molecular formula is C26H19N3O2. The largest absolute Gasteiger partial charge is 0.370 e. The van der Waals surface area contributed by atoms with Crippen molar-refractivity contribution in [1.29, 1.82) is 10.5 Å². The average Bonchev–Trinajstić information content (AvgIpc) is 3.07. The number of Topliss-reactive ketones (excluding diaryl/α,β-unsaturated/α-hetero) is 2. The van der Waals surface area contributed by atoms with Gasteiger partial charge in [0.25, 0.3) is 0 Å². The number of hydrogen-bond donors (Lipinski definition) is 0. The maximum Gasteiger partial charge on any atom is 0.185 e. The highest BCUT2D eigenvalue weighted by atomic mass is 16.2. The minimum atomic E-state index is -1.89. The Balaban J connectivity index is 1.67. The molecule has 4 rings (SSSR count). The first kappa shape index (κ1) is 20.1. The Morgan fingerprint density at radius 2 is 1.32 bits per heavy atom. The maximum atomic E-state index is 13.0. The van der Waals surface area contributed by atoms with Crippen LogP contribution in [0.4, 0.5) is 5.69 Å². The first-order valence-electron chi connectivity index (χ1n) is 9.87. The van der Waals surface area contributed by atoms with E-state index in [-0.39, 0.29) is 11.1 Å². The Kier molecular flexibility index (Phi) is 5.11. The minimum absolute atomic E-state index is 0.270. The van der Waals surface area contributed by atoms with E-state index in [2.05, 4.69) is 0 Å². The van der Waals surface area contributed by atoms with Crippen LogP contribution in [-0.2, 0) is 12.0 Å². The van der Waals surface area contributed by atoms with Crippen LogP contribution in [0.25, 0.3) is 0 Å². The Morgan fingerprint density at radius 3 is 1.84 bits per heavy atom. The van der Waals surface area contributed by atoms with Gasteiger partial charge in [-0.2, -0.15) is 10.5 Å². The predicted octanol–water partition coefficient (Wildman–Crippen LogP) is 4.30.